The van der Waals surface area contributed by atoms with E-state index in [1.165, 1.54) is 0 Å². The minimum Gasteiger partial charge on any atom is -0.507 e. The van der Waals surface area contributed by atoms with Gasteiger partial charge in [-0.1, -0.05) is 46.7 Å². The van der Waals surface area contributed by atoms with Crippen molar-refractivity contribution in [2.24, 2.45) is 0 Å². The minimum atomic E-state index is -0.145. The van der Waals surface area contributed by atoms with Gasteiger partial charge in [0.25, 0.3) is 0 Å². The van der Waals surface area contributed by atoms with Crippen molar-refractivity contribution in [1.82, 2.24) is 5.16 Å². The van der Waals surface area contributed by atoms with E-state index in [2.05, 4.69) is 46.7 Å². The number of nitrogens with zero attached hydrogens (tertiary/aromatic N) is 1. The second-order valence-corrected chi connectivity index (χ2v) is 7.76. The van der Waals surface area contributed by atoms with Crippen LogP contribution in [-0.4, -0.2) is 10.3 Å². The number of aryl methyl sites for hydroxylation is 1. The number of rotatable bonds is 1. The first-order chi connectivity index (χ1) is 9.51. The molecule has 0 radical (unpaired) electrons. The number of phenols is 1. The second-order valence-electron chi connectivity index (χ2n) is 7.76. The van der Waals surface area contributed by atoms with E-state index in [-0.39, 0.29) is 10.8 Å². The van der Waals surface area contributed by atoms with Gasteiger partial charge < -0.3 is 9.63 Å². The van der Waals surface area contributed by atoms with Gasteiger partial charge in [-0.15, -0.1) is 0 Å². The average Bonchev–Trinajstić information content (AvgIpc) is 2.72. The van der Waals surface area contributed by atoms with Crippen LogP contribution in [-0.2, 0) is 10.8 Å². The van der Waals surface area contributed by atoms with Crippen molar-refractivity contribution < 1.29 is 9.63 Å². The fourth-order valence-corrected chi connectivity index (χ4v) is 2.48. The molecule has 0 amide bonds. The van der Waals surface area contributed by atoms with Crippen LogP contribution in [0.2, 0.25) is 0 Å². The third-order valence-corrected chi connectivity index (χ3v) is 3.74. The standard InChI is InChI=1S/C18H25NO2/c1-11-10-19-21-16(11)12-8-13(17(2,3)4)15(20)14(9-12)18(5,6)7/h8-10,20H,1-7H3. The molecule has 0 fully saturated rings. The molecule has 2 aromatic rings. The Balaban J connectivity index is 2.78. The molecular weight excluding hydrogens is 262 g/mol. The van der Waals surface area contributed by atoms with Crippen LogP contribution in [0.3, 0.4) is 0 Å². The number of hydrogen-bond donors (Lipinski definition) is 1. The van der Waals surface area contributed by atoms with Gasteiger partial charge in [0.05, 0.1) is 6.20 Å². The van der Waals surface area contributed by atoms with Crippen LogP contribution in [0.25, 0.3) is 11.3 Å². The normalized spacial score (nSPS) is 12.7. The smallest absolute Gasteiger partial charge is 0.169 e. The molecule has 0 unspecified atom stereocenters. The molecule has 1 heterocycles. The number of aromatic nitrogens is 1. The minimum absolute atomic E-state index is 0.145. The van der Waals surface area contributed by atoms with Gasteiger partial charge in [-0.05, 0) is 29.9 Å². The van der Waals surface area contributed by atoms with E-state index in [9.17, 15) is 5.11 Å². The van der Waals surface area contributed by atoms with Crippen molar-refractivity contribution in [3.05, 3.63) is 35.0 Å². The summed E-state index contributed by atoms with van der Waals surface area (Å²) in [6.07, 6.45) is 1.72. The van der Waals surface area contributed by atoms with Gasteiger partial charge in [-0.3, -0.25) is 0 Å². The van der Waals surface area contributed by atoms with E-state index >= 15 is 0 Å². The first-order valence-electron chi connectivity index (χ1n) is 7.31. The molecule has 21 heavy (non-hydrogen) atoms. The first kappa shape index (κ1) is 15.6. The van der Waals surface area contributed by atoms with Crippen LogP contribution in [0.4, 0.5) is 0 Å². The SMILES string of the molecule is Cc1cnoc1-c1cc(C(C)(C)C)c(O)c(C(C)(C)C)c1. The van der Waals surface area contributed by atoms with E-state index in [1.54, 1.807) is 6.20 Å². The molecule has 3 nitrogen and oxygen atoms in total. The van der Waals surface area contributed by atoms with Crippen molar-refractivity contribution >= 4 is 0 Å². The maximum atomic E-state index is 10.7. The highest BCUT2D eigenvalue weighted by Gasteiger charge is 2.27. The summed E-state index contributed by atoms with van der Waals surface area (Å²) in [6, 6.07) is 4.02. The fraction of sp³-hybridized carbons (Fsp3) is 0.500. The topological polar surface area (TPSA) is 46.3 Å². The van der Waals surface area contributed by atoms with E-state index < -0.39 is 0 Å². The number of aromatic hydroxyl groups is 1. The van der Waals surface area contributed by atoms with Gasteiger partial charge in [0.15, 0.2) is 5.76 Å². The summed E-state index contributed by atoms with van der Waals surface area (Å²) in [5, 5.41) is 14.6. The van der Waals surface area contributed by atoms with E-state index in [4.69, 9.17) is 4.52 Å². The van der Waals surface area contributed by atoms with Crippen LogP contribution < -0.4 is 0 Å². The lowest BCUT2D eigenvalue weighted by molar-refractivity contribution is 0.420. The molecule has 1 N–H and O–H groups in total. The molecule has 0 saturated heterocycles. The van der Waals surface area contributed by atoms with Gasteiger partial charge in [0, 0.05) is 22.3 Å². The fourth-order valence-electron chi connectivity index (χ4n) is 2.48. The van der Waals surface area contributed by atoms with Gasteiger partial charge in [0.2, 0.25) is 0 Å². The second kappa shape index (κ2) is 4.90. The predicted molar refractivity (Wildman–Crippen MR) is 85.7 cm³/mol. The Morgan fingerprint density at radius 2 is 1.43 bits per heavy atom. The maximum absolute atomic E-state index is 10.7. The van der Waals surface area contributed by atoms with Crippen LogP contribution in [0.5, 0.6) is 5.75 Å². The zero-order valence-electron chi connectivity index (χ0n) is 14.0. The molecular formula is C18H25NO2. The Morgan fingerprint density at radius 1 is 0.952 bits per heavy atom. The van der Waals surface area contributed by atoms with Crippen LogP contribution in [0, 0.1) is 6.92 Å². The Kier molecular flexibility index (Phi) is 3.64. The number of benzene rings is 1. The van der Waals surface area contributed by atoms with Crippen LogP contribution >= 0.6 is 0 Å². The van der Waals surface area contributed by atoms with Crippen molar-refractivity contribution in [2.75, 3.05) is 0 Å². The number of phenolic OH excluding ortho intramolecular Hbond substituents is 1. The van der Waals surface area contributed by atoms with Gasteiger partial charge in [-0.25, -0.2) is 0 Å². The highest BCUT2D eigenvalue weighted by molar-refractivity contribution is 5.67. The summed E-state index contributed by atoms with van der Waals surface area (Å²) in [6.45, 7) is 14.6. The van der Waals surface area contributed by atoms with E-state index in [1.807, 2.05) is 19.1 Å². The first-order valence-corrected chi connectivity index (χ1v) is 7.31. The summed E-state index contributed by atoms with van der Waals surface area (Å²) < 4.78 is 5.39. The van der Waals surface area contributed by atoms with Gasteiger partial charge in [-0.2, -0.15) is 0 Å². The highest BCUT2D eigenvalue weighted by atomic mass is 16.5. The molecule has 114 valence electrons. The summed E-state index contributed by atoms with van der Waals surface area (Å²) in [7, 11) is 0. The third-order valence-electron chi connectivity index (χ3n) is 3.74. The predicted octanol–water partition coefficient (Wildman–Crippen LogP) is 4.95. The summed E-state index contributed by atoms with van der Waals surface area (Å²) in [5.74, 6) is 1.15. The lowest BCUT2D eigenvalue weighted by Crippen LogP contribution is -2.17. The van der Waals surface area contributed by atoms with Crippen LogP contribution in [0.1, 0.15) is 58.2 Å². The van der Waals surface area contributed by atoms with Gasteiger partial charge in [0.1, 0.15) is 5.75 Å². The molecule has 1 aromatic carbocycles. The molecule has 0 bridgehead atoms. The molecule has 0 aliphatic heterocycles. The zero-order chi connectivity index (χ0) is 16.0. The quantitative estimate of drug-likeness (QED) is 0.807. The average molecular weight is 287 g/mol. The van der Waals surface area contributed by atoms with E-state index in [0.717, 1.165) is 28.0 Å². The van der Waals surface area contributed by atoms with Crippen molar-refractivity contribution in [1.29, 1.82) is 0 Å². The maximum Gasteiger partial charge on any atom is 0.169 e. The summed E-state index contributed by atoms with van der Waals surface area (Å²) in [5.41, 5.74) is 3.54. The Labute approximate surface area is 127 Å². The molecule has 3 heteroatoms. The molecule has 0 aliphatic carbocycles. The van der Waals surface area contributed by atoms with Crippen molar-refractivity contribution in [3.8, 4) is 17.1 Å². The molecule has 0 atom stereocenters. The number of hydrogen-bond acceptors (Lipinski definition) is 3. The van der Waals surface area contributed by atoms with Crippen molar-refractivity contribution in [3.63, 3.8) is 0 Å². The Bertz CT molecular complexity index is 620. The Morgan fingerprint density at radius 3 is 1.76 bits per heavy atom. The largest absolute Gasteiger partial charge is 0.507 e. The lowest BCUT2D eigenvalue weighted by atomic mass is 9.78. The van der Waals surface area contributed by atoms with Crippen LogP contribution in [0.15, 0.2) is 22.9 Å². The molecule has 2 rings (SSSR count). The molecule has 0 aliphatic rings. The lowest BCUT2D eigenvalue weighted by Gasteiger charge is -2.28. The highest BCUT2D eigenvalue weighted by Crippen LogP contribution is 2.42. The monoisotopic (exact) mass is 287 g/mol. The molecule has 0 saturated carbocycles. The summed E-state index contributed by atoms with van der Waals surface area (Å²) in [4.78, 5) is 0. The van der Waals surface area contributed by atoms with E-state index in [0.29, 0.717) is 5.75 Å². The summed E-state index contributed by atoms with van der Waals surface area (Å²) >= 11 is 0. The van der Waals surface area contributed by atoms with Crippen molar-refractivity contribution in [2.45, 2.75) is 59.3 Å². The molecule has 0 spiro atoms. The van der Waals surface area contributed by atoms with Gasteiger partial charge >= 0.3 is 0 Å². The third kappa shape index (κ3) is 2.97. The zero-order valence-corrected chi connectivity index (χ0v) is 14.0. The molecule has 1 aromatic heterocycles. The Hall–Kier alpha value is -1.77.